The van der Waals surface area contributed by atoms with Crippen LogP contribution in [0.4, 0.5) is 4.39 Å². The van der Waals surface area contributed by atoms with Crippen LogP contribution in [-0.4, -0.2) is 25.4 Å². The third kappa shape index (κ3) is 1.99. The maximum absolute atomic E-state index is 13.9. The molecule has 1 aliphatic rings. The summed E-state index contributed by atoms with van der Waals surface area (Å²) in [5, 5.41) is 0. The molecular weight excluding hydrogens is 233 g/mol. The van der Waals surface area contributed by atoms with E-state index in [9.17, 15) is 4.39 Å². The Bertz CT molecular complexity index is 436. The van der Waals surface area contributed by atoms with E-state index in [1.54, 1.807) is 6.07 Å². The Kier molecular flexibility index (Phi) is 3.34. The first kappa shape index (κ1) is 13.3. The van der Waals surface area contributed by atoms with Gasteiger partial charge < -0.3 is 15.2 Å². The Morgan fingerprint density at radius 1 is 1.44 bits per heavy atom. The van der Waals surface area contributed by atoms with E-state index >= 15 is 0 Å². The van der Waals surface area contributed by atoms with Crippen molar-refractivity contribution in [1.82, 2.24) is 0 Å². The summed E-state index contributed by atoms with van der Waals surface area (Å²) in [4.78, 5) is 0. The first-order valence-electron chi connectivity index (χ1n) is 6.20. The number of hydrogen-bond donors (Lipinski definition) is 1. The zero-order valence-corrected chi connectivity index (χ0v) is 11.1. The molecule has 0 radical (unpaired) electrons. The largest absolute Gasteiger partial charge is 0.491 e. The normalized spacial score (nSPS) is 18.3. The Labute approximate surface area is 107 Å². The molecule has 0 spiro atoms. The second-order valence-electron chi connectivity index (χ2n) is 5.37. The first-order valence-corrected chi connectivity index (χ1v) is 6.20. The maximum atomic E-state index is 13.9. The summed E-state index contributed by atoms with van der Waals surface area (Å²) in [7, 11) is 0. The van der Waals surface area contributed by atoms with Crippen LogP contribution in [0.5, 0.6) is 5.75 Å². The molecule has 1 aromatic rings. The van der Waals surface area contributed by atoms with Crippen molar-refractivity contribution < 1.29 is 13.9 Å². The third-order valence-corrected chi connectivity index (χ3v) is 3.71. The number of rotatable bonds is 4. The Hall–Kier alpha value is -1.13. The summed E-state index contributed by atoms with van der Waals surface area (Å²) in [6.07, 6.45) is 0. The molecule has 3 nitrogen and oxygen atoms in total. The van der Waals surface area contributed by atoms with E-state index < -0.39 is 5.54 Å². The van der Waals surface area contributed by atoms with Crippen molar-refractivity contribution in [3.05, 3.63) is 29.6 Å². The van der Waals surface area contributed by atoms with Crippen molar-refractivity contribution in [3.8, 4) is 5.75 Å². The van der Waals surface area contributed by atoms with E-state index in [0.717, 1.165) is 5.56 Å². The lowest BCUT2D eigenvalue weighted by molar-refractivity contribution is -0.0920. The van der Waals surface area contributed by atoms with E-state index in [1.165, 1.54) is 6.07 Å². The van der Waals surface area contributed by atoms with Crippen molar-refractivity contribution in [3.63, 3.8) is 0 Å². The lowest BCUT2D eigenvalue weighted by atomic mass is 9.66. The van der Waals surface area contributed by atoms with Crippen LogP contribution in [0.15, 0.2) is 18.2 Å². The average Bonchev–Trinajstić information content (AvgIpc) is 2.18. The molecule has 0 saturated carbocycles. The number of nitrogens with two attached hydrogens (primary N) is 1. The highest BCUT2D eigenvalue weighted by atomic mass is 19.1. The lowest BCUT2D eigenvalue weighted by Gasteiger charge is -2.51. The van der Waals surface area contributed by atoms with Gasteiger partial charge in [0.05, 0.1) is 25.2 Å². The van der Waals surface area contributed by atoms with Gasteiger partial charge in [-0.3, -0.25) is 0 Å². The predicted molar refractivity (Wildman–Crippen MR) is 68.3 cm³/mol. The summed E-state index contributed by atoms with van der Waals surface area (Å²) in [5.41, 5.74) is 6.34. The topological polar surface area (TPSA) is 44.5 Å². The van der Waals surface area contributed by atoms with E-state index in [2.05, 4.69) is 0 Å². The minimum Gasteiger partial charge on any atom is -0.491 e. The molecule has 1 saturated heterocycles. The fourth-order valence-corrected chi connectivity index (χ4v) is 2.29. The average molecular weight is 253 g/mol. The van der Waals surface area contributed by atoms with Crippen molar-refractivity contribution in [2.24, 2.45) is 5.73 Å². The molecule has 18 heavy (non-hydrogen) atoms. The molecule has 1 fully saturated rings. The SMILES string of the molecule is CCOc1ccc(C2(C(C)(C)N)COC2)cc1F. The molecule has 4 heteroatoms. The highest BCUT2D eigenvalue weighted by molar-refractivity contribution is 5.38. The van der Waals surface area contributed by atoms with Crippen LogP contribution >= 0.6 is 0 Å². The summed E-state index contributed by atoms with van der Waals surface area (Å²) < 4.78 is 24.4. The van der Waals surface area contributed by atoms with Crippen LogP contribution in [-0.2, 0) is 10.2 Å². The molecule has 2 N–H and O–H groups in total. The van der Waals surface area contributed by atoms with Crippen LogP contribution in [0.1, 0.15) is 26.3 Å². The minimum atomic E-state index is -0.454. The Morgan fingerprint density at radius 2 is 2.11 bits per heavy atom. The van der Waals surface area contributed by atoms with Crippen LogP contribution in [0.25, 0.3) is 0 Å². The summed E-state index contributed by atoms with van der Waals surface area (Å²) in [5.74, 6) is -0.0589. The monoisotopic (exact) mass is 253 g/mol. The molecule has 0 bridgehead atoms. The van der Waals surface area contributed by atoms with E-state index in [-0.39, 0.29) is 17.0 Å². The Morgan fingerprint density at radius 3 is 2.50 bits per heavy atom. The van der Waals surface area contributed by atoms with Gasteiger partial charge in [0.2, 0.25) is 0 Å². The fourth-order valence-electron chi connectivity index (χ4n) is 2.29. The first-order chi connectivity index (χ1) is 8.40. The molecule has 1 aromatic carbocycles. The lowest BCUT2D eigenvalue weighted by Crippen LogP contribution is -2.64. The van der Waals surface area contributed by atoms with E-state index in [0.29, 0.717) is 19.8 Å². The van der Waals surface area contributed by atoms with Crippen molar-refractivity contribution in [1.29, 1.82) is 0 Å². The van der Waals surface area contributed by atoms with Crippen LogP contribution < -0.4 is 10.5 Å². The van der Waals surface area contributed by atoms with Crippen molar-refractivity contribution in [2.45, 2.75) is 31.7 Å². The van der Waals surface area contributed by atoms with E-state index in [1.807, 2.05) is 26.8 Å². The van der Waals surface area contributed by atoms with Gasteiger partial charge in [0, 0.05) is 5.54 Å². The molecule has 0 aromatic heterocycles. The van der Waals surface area contributed by atoms with E-state index in [4.69, 9.17) is 15.2 Å². The number of benzene rings is 1. The Balaban J connectivity index is 2.36. The van der Waals surface area contributed by atoms with Crippen molar-refractivity contribution in [2.75, 3.05) is 19.8 Å². The van der Waals surface area contributed by atoms with Gasteiger partial charge >= 0.3 is 0 Å². The molecule has 0 amide bonds. The smallest absolute Gasteiger partial charge is 0.165 e. The molecule has 0 unspecified atom stereocenters. The molecule has 0 atom stereocenters. The standard InChI is InChI=1S/C14H20FNO2/c1-4-18-12-6-5-10(7-11(12)15)14(8-17-9-14)13(2,3)16/h5-7H,4,8-9,16H2,1-3H3. The van der Waals surface area contributed by atoms with Gasteiger partial charge in [-0.2, -0.15) is 0 Å². The van der Waals surface area contributed by atoms with Gasteiger partial charge in [-0.05, 0) is 38.5 Å². The quantitative estimate of drug-likeness (QED) is 0.895. The molecular formula is C14H20FNO2. The highest BCUT2D eigenvalue weighted by Gasteiger charge is 2.50. The number of ether oxygens (including phenoxy) is 2. The van der Waals surface area contributed by atoms with Gasteiger partial charge in [-0.25, -0.2) is 4.39 Å². The molecule has 1 aliphatic heterocycles. The maximum Gasteiger partial charge on any atom is 0.165 e. The van der Waals surface area contributed by atoms with Crippen molar-refractivity contribution >= 4 is 0 Å². The van der Waals surface area contributed by atoms with Crippen LogP contribution in [0.2, 0.25) is 0 Å². The highest BCUT2D eigenvalue weighted by Crippen LogP contribution is 2.41. The number of halogens is 1. The summed E-state index contributed by atoms with van der Waals surface area (Å²) in [6.45, 7) is 7.24. The van der Waals surface area contributed by atoms with Gasteiger partial charge in [0.1, 0.15) is 0 Å². The minimum absolute atomic E-state index is 0.284. The molecule has 2 rings (SSSR count). The van der Waals surface area contributed by atoms with Gasteiger partial charge in [0.25, 0.3) is 0 Å². The third-order valence-electron chi connectivity index (χ3n) is 3.71. The molecule has 0 aliphatic carbocycles. The summed E-state index contributed by atoms with van der Waals surface area (Å²) >= 11 is 0. The zero-order valence-electron chi connectivity index (χ0n) is 11.1. The second kappa shape index (κ2) is 4.52. The van der Waals surface area contributed by atoms with Gasteiger partial charge in [0.15, 0.2) is 11.6 Å². The second-order valence-corrected chi connectivity index (χ2v) is 5.37. The predicted octanol–water partition coefficient (Wildman–Crippen LogP) is 2.23. The zero-order chi connectivity index (χ0) is 13.4. The van der Waals surface area contributed by atoms with Crippen LogP contribution in [0, 0.1) is 5.82 Å². The summed E-state index contributed by atoms with van der Waals surface area (Å²) in [6, 6.07) is 5.06. The van der Waals surface area contributed by atoms with Crippen LogP contribution in [0.3, 0.4) is 0 Å². The number of hydrogen-bond acceptors (Lipinski definition) is 3. The fraction of sp³-hybridized carbons (Fsp3) is 0.571. The molecule has 1 heterocycles. The van der Waals surface area contributed by atoms with Gasteiger partial charge in [-0.15, -0.1) is 0 Å². The van der Waals surface area contributed by atoms with Gasteiger partial charge in [-0.1, -0.05) is 6.07 Å². The molecule has 100 valence electrons.